The number of H-pyrrole nitrogens is 1. The minimum Gasteiger partial charge on any atom is -0.497 e. The number of nitrogens with zero attached hydrogens (tertiary/aromatic N) is 1. The lowest BCUT2D eigenvalue weighted by Gasteiger charge is -2.03. The number of ether oxygens (including phenoxy) is 1. The minimum atomic E-state index is -0.0432. The van der Waals surface area contributed by atoms with E-state index >= 15 is 0 Å². The van der Waals surface area contributed by atoms with Crippen LogP contribution in [0.5, 0.6) is 5.75 Å². The fraction of sp³-hybridized carbons (Fsp3) is 0.400. The summed E-state index contributed by atoms with van der Waals surface area (Å²) >= 11 is 0. The Bertz CT molecular complexity index is 833. The first kappa shape index (κ1) is 24.3. The quantitative estimate of drug-likeness (QED) is 0.544. The maximum atomic E-state index is 12.0. The van der Waals surface area contributed by atoms with Gasteiger partial charge in [-0.15, -0.1) is 0 Å². The van der Waals surface area contributed by atoms with Gasteiger partial charge >= 0.3 is 5.69 Å². The molecule has 0 bridgehead atoms. The van der Waals surface area contributed by atoms with Crippen LogP contribution in [0, 0.1) is 0 Å². The molecule has 0 fully saturated rings. The summed E-state index contributed by atoms with van der Waals surface area (Å²) in [5, 5.41) is 0. The monoisotopic (exact) mass is 396 g/mol. The Morgan fingerprint density at radius 1 is 0.897 bits per heavy atom. The molecule has 4 nitrogen and oxygen atoms in total. The van der Waals surface area contributed by atoms with Gasteiger partial charge in [0.05, 0.1) is 13.7 Å². The minimum absolute atomic E-state index is 0.0432. The highest BCUT2D eigenvalue weighted by Gasteiger charge is 2.04. The van der Waals surface area contributed by atoms with Gasteiger partial charge in [0, 0.05) is 11.9 Å². The van der Waals surface area contributed by atoms with Gasteiger partial charge in [-0.3, -0.25) is 4.57 Å². The zero-order valence-electron chi connectivity index (χ0n) is 18.6. The van der Waals surface area contributed by atoms with Gasteiger partial charge in [0.25, 0.3) is 0 Å². The van der Waals surface area contributed by atoms with E-state index < -0.39 is 0 Å². The molecule has 3 aromatic rings. The summed E-state index contributed by atoms with van der Waals surface area (Å²) in [5.41, 5.74) is 3.35. The number of aromatic amines is 1. The molecule has 3 rings (SSSR count). The van der Waals surface area contributed by atoms with E-state index in [9.17, 15) is 4.79 Å². The molecule has 2 aromatic carbocycles. The van der Waals surface area contributed by atoms with E-state index in [4.69, 9.17) is 4.74 Å². The van der Waals surface area contributed by atoms with Crippen molar-refractivity contribution in [3.8, 4) is 5.75 Å². The molecular weight excluding hydrogens is 360 g/mol. The van der Waals surface area contributed by atoms with E-state index in [2.05, 4.69) is 31.0 Å². The summed E-state index contributed by atoms with van der Waals surface area (Å²) in [6, 6.07) is 18.1. The Balaban J connectivity index is 0.000000771. The maximum absolute atomic E-state index is 12.0. The van der Waals surface area contributed by atoms with Crippen LogP contribution in [-0.2, 0) is 19.4 Å². The first-order valence-electron chi connectivity index (χ1n) is 10.6. The summed E-state index contributed by atoms with van der Waals surface area (Å²) in [7, 11) is 1.67. The smallest absolute Gasteiger partial charge is 0.326 e. The molecule has 0 radical (unpaired) electrons. The lowest BCUT2D eigenvalue weighted by Crippen LogP contribution is -2.16. The largest absolute Gasteiger partial charge is 0.497 e. The molecule has 0 aliphatic rings. The van der Waals surface area contributed by atoms with E-state index in [1.54, 1.807) is 11.7 Å². The Kier molecular flexibility index (Phi) is 12.0. The average molecular weight is 397 g/mol. The number of aromatic nitrogens is 2. The SMILES string of the molecule is CC.CCC.COc1ccc(CCCc2cn(Cc3ccccc3)c(=O)[nH]2)cc1. The van der Waals surface area contributed by atoms with Crippen LogP contribution in [0.3, 0.4) is 0 Å². The summed E-state index contributed by atoms with van der Waals surface area (Å²) in [6.07, 6.45) is 6.03. The molecule has 0 saturated carbocycles. The van der Waals surface area contributed by atoms with Gasteiger partial charge in [0.1, 0.15) is 5.75 Å². The zero-order valence-corrected chi connectivity index (χ0v) is 18.6. The van der Waals surface area contributed by atoms with Crippen LogP contribution in [-0.4, -0.2) is 16.7 Å². The van der Waals surface area contributed by atoms with Crippen LogP contribution >= 0.6 is 0 Å². The molecule has 0 spiro atoms. The Morgan fingerprint density at radius 2 is 1.52 bits per heavy atom. The van der Waals surface area contributed by atoms with E-state index in [0.29, 0.717) is 6.54 Å². The fourth-order valence-corrected chi connectivity index (χ4v) is 2.79. The Hall–Kier alpha value is -2.75. The first-order chi connectivity index (χ1) is 14.2. The molecule has 0 aliphatic heterocycles. The molecule has 0 atom stereocenters. The topological polar surface area (TPSA) is 47.0 Å². The Morgan fingerprint density at radius 3 is 2.10 bits per heavy atom. The molecule has 158 valence electrons. The number of hydrogen-bond acceptors (Lipinski definition) is 2. The molecule has 0 saturated heterocycles. The maximum Gasteiger partial charge on any atom is 0.326 e. The second-order valence-electron chi connectivity index (χ2n) is 6.61. The summed E-state index contributed by atoms with van der Waals surface area (Å²) < 4.78 is 6.90. The van der Waals surface area contributed by atoms with Crippen LogP contribution in [0.4, 0.5) is 0 Å². The van der Waals surface area contributed by atoms with Gasteiger partial charge in [0.2, 0.25) is 0 Å². The highest BCUT2D eigenvalue weighted by Crippen LogP contribution is 2.13. The standard InChI is InChI=1S/C20H22N2O2.C3H8.C2H6/c1-24-19-12-10-16(11-13-19)8-5-9-18-15-22(20(23)21-18)14-17-6-3-2-4-7-17;1-3-2;1-2/h2-4,6-7,10-13,15H,5,8-9,14H2,1H3,(H,21,23);3H2,1-2H3;1-2H3. The van der Waals surface area contributed by atoms with Crippen molar-refractivity contribution in [1.82, 2.24) is 9.55 Å². The highest BCUT2D eigenvalue weighted by molar-refractivity contribution is 5.27. The third kappa shape index (κ3) is 8.86. The van der Waals surface area contributed by atoms with Crippen molar-refractivity contribution < 1.29 is 4.74 Å². The molecular formula is C25H36N2O2. The van der Waals surface area contributed by atoms with Crippen molar-refractivity contribution in [2.45, 2.75) is 59.9 Å². The number of imidazole rings is 1. The number of methoxy groups -OCH3 is 1. The van der Waals surface area contributed by atoms with Crippen molar-refractivity contribution in [3.05, 3.63) is 88.1 Å². The van der Waals surface area contributed by atoms with Gasteiger partial charge in [-0.2, -0.15) is 0 Å². The van der Waals surface area contributed by atoms with E-state index in [-0.39, 0.29) is 5.69 Å². The predicted octanol–water partition coefficient (Wildman–Crippen LogP) is 5.85. The lowest BCUT2D eigenvalue weighted by atomic mass is 10.1. The molecule has 0 aliphatic carbocycles. The summed E-state index contributed by atoms with van der Waals surface area (Å²) in [6.45, 7) is 8.86. The number of benzene rings is 2. The molecule has 1 N–H and O–H groups in total. The van der Waals surface area contributed by atoms with E-state index in [1.807, 2.05) is 62.5 Å². The van der Waals surface area contributed by atoms with Crippen LogP contribution in [0.2, 0.25) is 0 Å². The molecule has 1 heterocycles. The normalized spacial score (nSPS) is 9.69. The van der Waals surface area contributed by atoms with Crippen molar-refractivity contribution in [3.63, 3.8) is 0 Å². The third-order valence-corrected chi connectivity index (χ3v) is 4.11. The Labute approximate surface area is 175 Å². The molecule has 1 aromatic heterocycles. The summed E-state index contributed by atoms with van der Waals surface area (Å²) in [4.78, 5) is 15.0. The van der Waals surface area contributed by atoms with Crippen LogP contribution < -0.4 is 10.4 Å². The number of rotatable bonds is 7. The zero-order chi connectivity index (χ0) is 21.5. The molecule has 4 heteroatoms. The van der Waals surface area contributed by atoms with Crippen molar-refractivity contribution in [2.24, 2.45) is 0 Å². The van der Waals surface area contributed by atoms with E-state index in [0.717, 1.165) is 36.3 Å². The van der Waals surface area contributed by atoms with Crippen LogP contribution in [0.25, 0.3) is 0 Å². The first-order valence-corrected chi connectivity index (χ1v) is 10.6. The number of nitrogens with one attached hydrogen (secondary N) is 1. The number of aryl methyl sites for hydroxylation is 2. The van der Waals surface area contributed by atoms with Gasteiger partial charge < -0.3 is 9.72 Å². The van der Waals surface area contributed by atoms with Gasteiger partial charge in [-0.05, 0) is 42.5 Å². The molecule has 0 amide bonds. The second kappa shape index (κ2) is 14.3. The van der Waals surface area contributed by atoms with E-state index in [1.165, 1.54) is 12.0 Å². The fourth-order valence-electron chi connectivity index (χ4n) is 2.79. The average Bonchev–Trinajstić information content (AvgIpc) is 3.10. The van der Waals surface area contributed by atoms with Crippen molar-refractivity contribution in [1.29, 1.82) is 0 Å². The third-order valence-electron chi connectivity index (χ3n) is 4.11. The number of hydrogen-bond donors (Lipinski definition) is 1. The summed E-state index contributed by atoms with van der Waals surface area (Å²) in [5.74, 6) is 0.876. The van der Waals surface area contributed by atoms with Crippen LogP contribution in [0.15, 0.2) is 65.6 Å². The van der Waals surface area contributed by atoms with Gasteiger partial charge in [-0.1, -0.05) is 76.6 Å². The molecule has 0 unspecified atom stereocenters. The van der Waals surface area contributed by atoms with Gasteiger partial charge in [0.15, 0.2) is 0 Å². The van der Waals surface area contributed by atoms with Crippen LogP contribution in [0.1, 0.15) is 57.4 Å². The van der Waals surface area contributed by atoms with Crippen molar-refractivity contribution >= 4 is 0 Å². The van der Waals surface area contributed by atoms with Gasteiger partial charge in [-0.25, -0.2) is 4.79 Å². The van der Waals surface area contributed by atoms with Crippen molar-refractivity contribution in [2.75, 3.05) is 7.11 Å². The molecule has 29 heavy (non-hydrogen) atoms. The predicted molar refractivity (Wildman–Crippen MR) is 123 cm³/mol. The second-order valence-corrected chi connectivity index (χ2v) is 6.61. The highest BCUT2D eigenvalue weighted by atomic mass is 16.5. The lowest BCUT2D eigenvalue weighted by molar-refractivity contribution is 0.414.